The molecule has 6 heteroatoms. The highest BCUT2D eigenvalue weighted by Gasteiger charge is 2.33. The maximum atomic E-state index is 12.1. The van der Waals surface area contributed by atoms with Crippen LogP contribution >= 0.6 is 0 Å². The number of anilines is 1. The molecule has 6 nitrogen and oxygen atoms in total. The summed E-state index contributed by atoms with van der Waals surface area (Å²) in [6.07, 6.45) is 3.03. The number of amides is 1. The van der Waals surface area contributed by atoms with Gasteiger partial charge < -0.3 is 9.80 Å². The Morgan fingerprint density at radius 2 is 1.81 bits per heavy atom. The molecule has 0 aromatic heterocycles. The Bertz CT molecular complexity index is 540. The Hall–Kier alpha value is -2.11. The van der Waals surface area contributed by atoms with Gasteiger partial charge in [0, 0.05) is 49.9 Å². The van der Waals surface area contributed by atoms with Crippen molar-refractivity contribution in [2.75, 3.05) is 31.1 Å². The third kappa shape index (κ3) is 3.15. The van der Waals surface area contributed by atoms with Gasteiger partial charge in [-0.3, -0.25) is 14.9 Å². The number of nitro benzene ring substituents is 1. The van der Waals surface area contributed by atoms with E-state index in [-0.39, 0.29) is 16.5 Å². The van der Waals surface area contributed by atoms with E-state index in [2.05, 4.69) is 4.90 Å². The lowest BCUT2D eigenvalue weighted by atomic mass is 10.2. The number of carbonyl (C=O) groups excluding carboxylic acids is 1. The highest BCUT2D eigenvalue weighted by atomic mass is 16.6. The molecule has 0 atom stereocenters. The van der Waals surface area contributed by atoms with Crippen LogP contribution in [0, 0.1) is 16.0 Å². The molecule has 2 fully saturated rings. The lowest BCUT2D eigenvalue weighted by Crippen LogP contribution is -2.36. The molecule has 0 spiro atoms. The Morgan fingerprint density at radius 1 is 1.10 bits per heavy atom. The van der Waals surface area contributed by atoms with Gasteiger partial charge in [-0.25, -0.2) is 0 Å². The van der Waals surface area contributed by atoms with Gasteiger partial charge in [-0.2, -0.15) is 0 Å². The summed E-state index contributed by atoms with van der Waals surface area (Å²) in [5.41, 5.74) is 1.10. The second-order valence-electron chi connectivity index (χ2n) is 5.71. The van der Waals surface area contributed by atoms with Crippen molar-refractivity contribution in [3.05, 3.63) is 34.4 Å². The van der Waals surface area contributed by atoms with Crippen LogP contribution < -0.4 is 4.90 Å². The lowest BCUT2D eigenvalue weighted by Gasteiger charge is -2.23. The van der Waals surface area contributed by atoms with Crippen molar-refractivity contribution in [3.63, 3.8) is 0 Å². The standard InChI is InChI=1S/C15H19N3O3/c19-15(12-2-3-12)17-9-1-8-16(10-11-17)13-4-6-14(7-5-13)18(20)21/h4-7,12H,1-3,8-11H2. The van der Waals surface area contributed by atoms with Crippen molar-refractivity contribution >= 4 is 17.3 Å². The molecule has 1 saturated carbocycles. The summed E-state index contributed by atoms with van der Waals surface area (Å²) in [6.45, 7) is 3.23. The van der Waals surface area contributed by atoms with E-state index in [1.807, 2.05) is 4.90 Å². The van der Waals surface area contributed by atoms with E-state index in [1.54, 1.807) is 12.1 Å². The molecule has 2 aliphatic rings. The topological polar surface area (TPSA) is 66.7 Å². The van der Waals surface area contributed by atoms with Gasteiger partial charge in [-0.05, 0) is 31.4 Å². The molecule has 1 saturated heterocycles. The summed E-state index contributed by atoms with van der Waals surface area (Å²) in [4.78, 5) is 26.6. The fourth-order valence-electron chi connectivity index (χ4n) is 2.77. The van der Waals surface area contributed by atoms with Gasteiger partial charge in [0.15, 0.2) is 0 Å². The summed E-state index contributed by atoms with van der Waals surface area (Å²) in [6, 6.07) is 6.65. The van der Waals surface area contributed by atoms with Crippen molar-refractivity contribution < 1.29 is 9.72 Å². The zero-order chi connectivity index (χ0) is 14.8. The van der Waals surface area contributed by atoms with Crippen LogP contribution in [0.2, 0.25) is 0 Å². The summed E-state index contributed by atoms with van der Waals surface area (Å²) in [7, 11) is 0. The van der Waals surface area contributed by atoms with Gasteiger partial charge in [0.05, 0.1) is 4.92 Å². The summed E-state index contributed by atoms with van der Waals surface area (Å²) >= 11 is 0. The number of nitrogens with zero attached hydrogens (tertiary/aromatic N) is 3. The molecule has 1 aliphatic heterocycles. The molecule has 1 aromatic rings. The smallest absolute Gasteiger partial charge is 0.269 e. The lowest BCUT2D eigenvalue weighted by molar-refractivity contribution is -0.384. The molecule has 0 N–H and O–H groups in total. The molecule has 21 heavy (non-hydrogen) atoms. The quantitative estimate of drug-likeness (QED) is 0.631. The molecule has 1 aliphatic carbocycles. The van der Waals surface area contributed by atoms with E-state index in [1.165, 1.54) is 12.1 Å². The van der Waals surface area contributed by atoms with Crippen LogP contribution in [0.15, 0.2) is 24.3 Å². The molecular formula is C15H19N3O3. The first-order valence-electron chi connectivity index (χ1n) is 7.43. The Morgan fingerprint density at radius 3 is 2.43 bits per heavy atom. The van der Waals surface area contributed by atoms with Crippen molar-refractivity contribution in [3.8, 4) is 0 Å². The van der Waals surface area contributed by atoms with Crippen molar-refractivity contribution in [2.24, 2.45) is 5.92 Å². The Balaban J connectivity index is 1.63. The minimum Gasteiger partial charge on any atom is -0.370 e. The maximum Gasteiger partial charge on any atom is 0.269 e. The normalized spacial score (nSPS) is 19.2. The molecule has 1 aromatic carbocycles. The van der Waals surface area contributed by atoms with Crippen LogP contribution in [0.1, 0.15) is 19.3 Å². The number of hydrogen-bond acceptors (Lipinski definition) is 4. The number of hydrogen-bond donors (Lipinski definition) is 0. The highest BCUT2D eigenvalue weighted by Crippen LogP contribution is 2.31. The molecule has 0 unspecified atom stereocenters. The zero-order valence-electron chi connectivity index (χ0n) is 11.9. The van der Waals surface area contributed by atoms with Crippen LogP contribution in [0.4, 0.5) is 11.4 Å². The SMILES string of the molecule is O=C(C1CC1)N1CCCN(c2ccc([N+](=O)[O-])cc2)CC1. The first kappa shape index (κ1) is 13.9. The zero-order valence-corrected chi connectivity index (χ0v) is 11.9. The van der Waals surface area contributed by atoms with Gasteiger partial charge in [0.1, 0.15) is 0 Å². The van der Waals surface area contributed by atoms with E-state index < -0.39 is 0 Å². The number of carbonyl (C=O) groups is 1. The van der Waals surface area contributed by atoms with Crippen LogP contribution in [0.3, 0.4) is 0 Å². The van der Waals surface area contributed by atoms with E-state index in [4.69, 9.17) is 0 Å². The van der Waals surface area contributed by atoms with Gasteiger partial charge in [0.25, 0.3) is 5.69 Å². The van der Waals surface area contributed by atoms with E-state index in [0.717, 1.165) is 51.1 Å². The molecule has 3 rings (SSSR count). The van der Waals surface area contributed by atoms with Crippen LogP contribution in [-0.4, -0.2) is 41.9 Å². The predicted molar refractivity (Wildman–Crippen MR) is 79.2 cm³/mol. The molecule has 1 amide bonds. The summed E-state index contributed by atoms with van der Waals surface area (Å²) in [5.74, 6) is 0.580. The average molecular weight is 289 g/mol. The first-order valence-corrected chi connectivity index (χ1v) is 7.43. The molecule has 0 radical (unpaired) electrons. The largest absolute Gasteiger partial charge is 0.370 e. The Kier molecular flexibility index (Phi) is 3.77. The predicted octanol–water partition coefficient (Wildman–Crippen LogP) is 2.04. The third-order valence-electron chi connectivity index (χ3n) is 4.16. The number of nitro groups is 1. The highest BCUT2D eigenvalue weighted by molar-refractivity contribution is 5.81. The van der Waals surface area contributed by atoms with Crippen LogP contribution in [0.5, 0.6) is 0 Å². The second kappa shape index (κ2) is 5.71. The van der Waals surface area contributed by atoms with E-state index in [0.29, 0.717) is 5.91 Å². The first-order chi connectivity index (χ1) is 10.1. The average Bonchev–Trinajstić information content (AvgIpc) is 3.33. The summed E-state index contributed by atoms with van der Waals surface area (Å²) in [5, 5.41) is 10.7. The van der Waals surface area contributed by atoms with Gasteiger partial charge in [0.2, 0.25) is 5.91 Å². The monoisotopic (exact) mass is 289 g/mol. The van der Waals surface area contributed by atoms with Crippen molar-refractivity contribution in [2.45, 2.75) is 19.3 Å². The molecule has 112 valence electrons. The summed E-state index contributed by atoms with van der Waals surface area (Å²) < 4.78 is 0. The third-order valence-corrected chi connectivity index (χ3v) is 4.16. The molecule has 0 bridgehead atoms. The van der Waals surface area contributed by atoms with Crippen LogP contribution in [0.25, 0.3) is 0 Å². The minimum absolute atomic E-state index is 0.110. The van der Waals surface area contributed by atoms with Crippen molar-refractivity contribution in [1.29, 1.82) is 0 Å². The number of non-ortho nitro benzene ring substituents is 1. The molecular weight excluding hydrogens is 270 g/mol. The maximum absolute atomic E-state index is 12.1. The fourth-order valence-corrected chi connectivity index (χ4v) is 2.77. The second-order valence-corrected chi connectivity index (χ2v) is 5.71. The number of benzene rings is 1. The van der Waals surface area contributed by atoms with Gasteiger partial charge >= 0.3 is 0 Å². The fraction of sp³-hybridized carbons (Fsp3) is 0.533. The molecule has 1 heterocycles. The minimum atomic E-state index is -0.387. The van der Waals surface area contributed by atoms with E-state index >= 15 is 0 Å². The Labute approximate surface area is 123 Å². The van der Waals surface area contributed by atoms with Crippen molar-refractivity contribution in [1.82, 2.24) is 4.90 Å². The van der Waals surface area contributed by atoms with Gasteiger partial charge in [-0.1, -0.05) is 0 Å². The van der Waals surface area contributed by atoms with E-state index in [9.17, 15) is 14.9 Å². The number of rotatable bonds is 3. The van der Waals surface area contributed by atoms with Crippen LogP contribution in [-0.2, 0) is 4.79 Å². The van der Waals surface area contributed by atoms with Gasteiger partial charge in [-0.15, -0.1) is 0 Å².